The number of halogens is 1. The summed E-state index contributed by atoms with van der Waals surface area (Å²) in [7, 11) is 0. The minimum atomic E-state index is -0.826. The van der Waals surface area contributed by atoms with Crippen LogP contribution in [0.4, 0.5) is 4.39 Å². The predicted octanol–water partition coefficient (Wildman–Crippen LogP) is 0.912. The zero-order valence-corrected chi connectivity index (χ0v) is 7.24. The minimum absolute atomic E-state index is 0.218. The van der Waals surface area contributed by atoms with Crippen LogP contribution in [0.2, 0.25) is 0 Å². The fourth-order valence-corrected chi connectivity index (χ4v) is 1.06. The highest BCUT2D eigenvalue weighted by Crippen LogP contribution is 2.26. The molecule has 0 spiro atoms. The lowest BCUT2D eigenvalue weighted by atomic mass is 10.0. The second-order valence-electron chi connectivity index (χ2n) is 2.94. The molecule has 13 heavy (non-hydrogen) atoms. The average molecular weight is 185 g/mol. The Kier molecular flexibility index (Phi) is 2.85. The van der Waals surface area contributed by atoms with Gasteiger partial charge in [0.05, 0.1) is 12.1 Å². The van der Waals surface area contributed by atoms with Crippen molar-refractivity contribution in [1.82, 2.24) is 0 Å². The van der Waals surface area contributed by atoms with Gasteiger partial charge in [0.1, 0.15) is 0 Å². The Bertz CT molecular complexity index is 302. The van der Waals surface area contributed by atoms with Crippen LogP contribution in [0.25, 0.3) is 0 Å². The van der Waals surface area contributed by atoms with Crippen LogP contribution in [0.3, 0.4) is 0 Å². The van der Waals surface area contributed by atoms with Gasteiger partial charge >= 0.3 is 0 Å². The molecule has 0 heterocycles. The van der Waals surface area contributed by atoms with Crippen LogP contribution in [0.5, 0.6) is 5.75 Å². The molecule has 1 aromatic carbocycles. The van der Waals surface area contributed by atoms with E-state index in [4.69, 9.17) is 10.8 Å². The summed E-state index contributed by atoms with van der Waals surface area (Å²) in [6.07, 6.45) is -0.826. The molecule has 0 aromatic heterocycles. The van der Waals surface area contributed by atoms with Gasteiger partial charge in [0.2, 0.25) is 0 Å². The Morgan fingerprint density at radius 1 is 1.46 bits per heavy atom. The maximum Gasteiger partial charge on any atom is 0.165 e. The van der Waals surface area contributed by atoms with Crippen molar-refractivity contribution in [1.29, 1.82) is 0 Å². The first-order chi connectivity index (χ1) is 6.04. The lowest BCUT2D eigenvalue weighted by Gasteiger charge is -2.16. The number of aliphatic hydroxyl groups excluding tert-OH is 1. The summed E-state index contributed by atoms with van der Waals surface area (Å²) in [5.41, 5.74) is 5.75. The van der Waals surface area contributed by atoms with Gasteiger partial charge in [0.15, 0.2) is 11.6 Å². The number of para-hydroxylation sites is 1. The molecular weight excluding hydrogens is 173 g/mol. The van der Waals surface area contributed by atoms with E-state index in [1.165, 1.54) is 19.1 Å². The Balaban J connectivity index is 3.07. The fraction of sp³-hybridized carbons (Fsp3) is 0.333. The monoisotopic (exact) mass is 185 g/mol. The third-order valence-corrected chi connectivity index (χ3v) is 1.90. The molecule has 0 aliphatic carbocycles. The molecule has 1 rings (SSSR count). The molecule has 0 aliphatic rings. The van der Waals surface area contributed by atoms with E-state index in [9.17, 15) is 9.50 Å². The van der Waals surface area contributed by atoms with Crippen molar-refractivity contribution < 1.29 is 14.6 Å². The zero-order valence-electron chi connectivity index (χ0n) is 7.24. The molecule has 0 saturated heterocycles. The van der Waals surface area contributed by atoms with Crippen LogP contribution >= 0.6 is 0 Å². The van der Waals surface area contributed by atoms with Crippen LogP contribution in [-0.4, -0.2) is 16.3 Å². The first-order valence-electron chi connectivity index (χ1n) is 3.95. The summed E-state index contributed by atoms with van der Waals surface area (Å²) in [6, 6.07) is 3.28. The first kappa shape index (κ1) is 9.95. The van der Waals surface area contributed by atoms with E-state index < -0.39 is 23.7 Å². The van der Waals surface area contributed by atoms with Gasteiger partial charge in [-0.2, -0.15) is 0 Å². The quantitative estimate of drug-likeness (QED) is 0.641. The predicted molar refractivity (Wildman–Crippen MR) is 46.7 cm³/mol. The Morgan fingerprint density at radius 3 is 2.62 bits per heavy atom. The summed E-state index contributed by atoms with van der Waals surface area (Å²) < 4.78 is 12.8. The molecule has 1 aromatic rings. The van der Waals surface area contributed by atoms with Crippen LogP contribution in [0.15, 0.2) is 18.2 Å². The molecule has 72 valence electrons. The highest BCUT2D eigenvalue weighted by Gasteiger charge is 2.17. The second kappa shape index (κ2) is 3.72. The molecule has 0 fully saturated rings. The largest absolute Gasteiger partial charge is 0.505 e. The number of aliphatic hydroxyl groups is 1. The molecule has 4 heteroatoms. The molecule has 0 aliphatic heterocycles. The van der Waals surface area contributed by atoms with Crippen LogP contribution in [0.1, 0.15) is 18.5 Å². The van der Waals surface area contributed by atoms with Crippen molar-refractivity contribution in [2.24, 2.45) is 5.73 Å². The molecule has 0 amide bonds. The van der Waals surface area contributed by atoms with Gasteiger partial charge in [0, 0.05) is 5.56 Å². The third-order valence-electron chi connectivity index (χ3n) is 1.90. The van der Waals surface area contributed by atoms with Gasteiger partial charge in [-0.25, -0.2) is 4.39 Å². The molecule has 0 bridgehead atoms. The summed E-state index contributed by atoms with van der Waals surface area (Å²) in [4.78, 5) is 0. The smallest absolute Gasteiger partial charge is 0.165 e. The van der Waals surface area contributed by atoms with E-state index in [2.05, 4.69) is 0 Å². The molecule has 1 unspecified atom stereocenters. The van der Waals surface area contributed by atoms with Gasteiger partial charge in [-0.3, -0.25) is 0 Å². The van der Waals surface area contributed by atoms with E-state index in [0.29, 0.717) is 0 Å². The van der Waals surface area contributed by atoms with Crippen molar-refractivity contribution in [2.45, 2.75) is 19.1 Å². The zero-order chi connectivity index (χ0) is 10.0. The van der Waals surface area contributed by atoms with Gasteiger partial charge in [0.25, 0.3) is 0 Å². The van der Waals surface area contributed by atoms with Crippen molar-refractivity contribution in [3.63, 3.8) is 0 Å². The topological polar surface area (TPSA) is 66.5 Å². The van der Waals surface area contributed by atoms with Crippen LogP contribution in [-0.2, 0) is 0 Å². The number of benzene rings is 1. The third kappa shape index (κ3) is 1.96. The maximum absolute atomic E-state index is 12.8. The number of phenols is 1. The van der Waals surface area contributed by atoms with Gasteiger partial charge in [-0.15, -0.1) is 0 Å². The number of phenolic OH excluding ortho intramolecular Hbond substituents is 1. The number of hydrogen-bond acceptors (Lipinski definition) is 3. The van der Waals surface area contributed by atoms with Crippen molar-refractivity contribution in [3.8, 4) is 5.75 Å². The minimum Gasteiger partial charge on any atom is -0.505 e. The molecular formula is C9H12FNO2. The normalized spacial score (nSPS) is 15.4. The summed E-state index contributed by atoms with van der Waals surface area (Å²) in [6.45, 7) is 1.48. The van der Waals surface area contributed by atoms with E-state index in [1.807, 2.05) is 0 Å². The van der Waals surface area contributed by atoms with Crippen LogP contribution < -0.4 is 5.73 Å². The molecule has 0 saturated carbocycles. The summed E-state index contributed by atoms with van der Waals surface area (Å²) in [5.74, 6) is -1.22. The fourth-order valence-electron chi connectivity index (χ4n) is 1.06. The highest BCUT2D eigenvalue weighted by atomic mass is 19.1. The Morgan fingerprint density at radius 2 is 2.08 bits per heavy atom. The van der Waals surface area contributed by atoms with E-state index in [1.54, 1.807) is 0 Å². The maximum atomic E-state index is 12.8. The van der Waals surface area contributed by atoms with Gasteiger partial charge in [-0.1, -0.05) is 12.1 Å². The van der Waals surface area contributed by atoms with Crippen molar-refractivity contribution >= 4 is 0 Å². The van der Waals surface area contributed by atoms with Crippen molar-refractivity contribution in [3.05, 3.63) is 29.6 Å². The number of aromatic hydroxyl groups is 1. The van der Waals surface area contributed by atoms with E-state index >= 15 is 0 Å². The Labute approximate surface area is 75.6 Å². The molecule has 3 nitrogen and oxygen atoms in total. The summed E-state index contributed by atoms with van der Waals surface area (Å²) in [5, 5.41) is 18.4. The van der Waals surface area contributed by atoms with Gasteiger partial charge in [-0.05, 0) is 13.0 Å². The van der Waals surface area contributed by atoms with Crippen molar-refractivity contribution in [2.75, 3.05) is 0 Å². The average Bonchev–Trinajstić information content (AvgIpc) is 2.08. The molecule has 0 radical (unpaired) electrons. The van der Waals surface area contributed by atoms with Gasteiger partial charge < -0.3 is 15.9 Å². The summed E-state index contributed by atoms with van der Waals surface area (Å²) >= 11 is 0. The molecule has 4 N–H and O–H groups in total. The van der Waals surface area contributed by atoms with E-state index in [-0.39, 0.29) is 5.56 Å². The first-order valence-corrected chi connectivity index (χ1v) is 3.95. The standard InChI is InChI=1S/C9H12FNO2/c1-5(12)8(11)6-3-2-4-7(10)9(6)13/h2-5,8,12-13H,11H2,1H3/t5?,8-/m0/s1. The highest BCUT2D eigenvalue weighted by molar-refractivity contribution is 5.36. The number of hydrogen-bond donors (Lipinski definition) is 3. The lowest BCUT2D eigenvalue weighted by molar-refractivity contribution is 0.162. The Hall–Kier alpha value is -1.13. The van der Waals surface area contributed by atoms with Crippen LogP contribution in [0, 0.1) is 5.82 Å². The second-order valence-corrected chi connectivity index (χ2v) is 2.94. The number of rotatable bonds is 2. The molecule has 2 atom stereocenters. The SMILES string of the molecule is CC(O)[C@H](N)c1cccc(F)c1O. The van der Waals surface area contributed by atoms with E-state index in [0.717, 1.165) is 6.07 Å². The lowest BCUT2D eigenvalue weighted by Crippen LogP contribution is -2.23. The number of nitrogens with two attached hydrogens (primary N) is 1.